The molecule has 0 radical (unpaired) electrons. The predicted octanol–water partition coefficient (Wildman–Crippen LogP) is 2.89. The van der Waals surface area contributed by atoms with Crippen molar-refractivity contribution in [1.82, 2.24) is 4.98 Å². The van der Waals surface area contributed by atoms with Crippen LogP contribution in [-0.4, -0.2) is 17.6 Å². The van der Waals surface area contributed by atoms with Gasteiger partial charge in [-0.1, -0.05) is 26.8 Å². The van der Waals surface area contributed by atoms with E-state index >= 15 is 0 Å². The highest BCUT2D eigenvalue weighted by Gasteiger charge is 2.33. The third-order valence-corrected chi connectivity index (χ3v) is 2.64. The number of nitrogens with one attached hydrogen (secondary N) is 1. The number of nitrogens with two attached hydrogens (primary N) is 1. The molecule has 1 rings (SSSR count). The first-order valence-corrected chi connectivity index (χ1v) is 5.65. The van der Waals surface area contributed by atoms with Gasteiger partial charge < -0.3 is 11.1 Å². The largest absolute Gasteiger partial charge is 0.433 e. The minimum absolute atomic E-state index is 0.145. The van der Waals surface area contributed by atoms with Crippen molar-refractivity contribution < 1.29 is 13.2 Å². The summed E-state index contributed by atoms with van der Waals surface area (Å²) in [5.74, 6) is 0.190. The first-order chi connectivity index (χ1) is 8.14. The molecular weight excluding hydrogens is 243 g/mol. The fourth-order valence-corrected chi connectivity index (χ4v) is 1.48. The Labute approximate surface area is 105 Å². The normalized spacial score (nSPS) is 14.4. The quantitative estimate of drug-likeness (QED) is 0.879. The van der Waals surface area contributed by atoms with Gasteiger partial charge in [-0.3, -0.25) is 0 Å². The van der Waals surface area contributed by atoms with E-state index in [0.29, 0.717) is 6.54 Å². The van der Waals surface area contributed by atoms with Crippen LogP contribution < -0.4 is 11.1 Å². The lowest BCUT2D eigenvalue weighted by Gasteiger charge is -2.30. The number of halogens is 3. The smallest absolute Gasteiger partial charge is 0.366 e. The van der Waals surface area contributed by atoms with Crippen LogP contribution in [0, 0.1) is 5.41 Å². The van der Waals surface area contributed by atoms with E-state index in [9.17, 15) is 13.2 Å². The fraction of sp³-hybridized carbons (Fsp3) is 0.583. The second-order valence-corrected chi connectivity index (χ2v) is 5.20. The number of rotatable bonds is 3. The Morgan fingerprint density at radius 1 is 1.28 bits per heavy atom. The van der Waals surface area contributed by atoms with Gasteiger partial charge in [0.2, 0.25) is 0 Å². The van der Waals surface area contributed by atoms with Gasteiger partial charge in [0.15, 0.2) is 0 Å². The van der Waals surface area contributed by atoms with Crippen LogP contribution in [-0.2, 0) is 6.18 Å². The molecule has 1 aromatic rings. The van der Waals surface area contributed by atoms with Gasteiger partial charge in [-0.15, -0.1) is 0 Å². The fourth-order valence-electron chi connectivity index (χ4n) is 1.48. The summed E-state index contributed by atoms with van der Waals surface area (Å²) in [5.41, 5.74) is 4.55. The molecule has 0 aliphatic carbocycles. The Hall–Kier alpha value is -1.30. The summed E-state index contributed by atoms with van der Waals surface area (Å²) in [7, 11) is 0. The van der Waals surface area contributed by atoms with E-state index in [1.807, 2.05) is 20.8 Å². The van der Waals surface area contributed by atoms with Crippen molar-refractivity contribution >= 4 is 5.82 Å². The van der Waals surface area contributed by atoms with Gasteiger partial charge >= 0.3 is 6.18 Å². The van der Waals surface area contributed by atoms with Gasteiger partial charge in [0.05, 0.1) is 0 Å². The second kappa shape index (κ2) is 5.14. The SMILES string of the molecule is CC(C)(C)C(CN)Nc1cccc(C(F)(F)F)n1. The van der Waals surface area contributed by atoms with Crippen LogP contribution in [0.3, 0.4) is 0 Å². The van der Waals surface area contributed by atoms with E-state index in [1.165, 1.54) is 12.1 Å². The van der Waals surface area contributed by atoms with Crippen LogP contribution in [0.25, 0.3) is 0 Å². The third kappa shape index (κ3) is 3.87. The lowest BCUT2D eigenvalue weighted by molar-refractivity contribution is -0.141. The average Bonchev–Trinajstić information content (AvgIpc) is 2.23. The van der Waals surface area contributed by atoms with Gasteiger partial charge in [0.25, 0.3) is 0 Å². The molecule has 1 heterocycles. The summed E-state index contributed by atoms with van der Waals surface area (Å²) >= 11 is 0. The van der Waals surface area contributed by atoms with E-state index in [4.69, 9.17) is 5.73 Å². The van der Waals surface area contributed by atoms with E-state index in [-0.39, 0.29) is 17.3 Å². The summed E-state index contributed by atoms with van der Waals surface area (Å²) in [6, 6.07) is 3.63. The maximum atomic E-state index is 12.5. The minimum Gasteiger partial charge on any atom is -0.366 e. The van der Waals surface area contributed by atoms with Gasteiger partial charge in [0, 0.05) is 12.6 Å². The van der Waals surface area contributed by atoms with Crippen LogP contribution >= 0.6 is 0 Å². The highest BCUT2D eigenvalue weighted by atomic mass is 19.4. The third-order valence-electron chi connectivity index (χ3n) is 2.64. The molecule has 1 aromatic heterocycles. The first kappa shape index (κ1) is 14.8. The molecule has 0 amide bonds. The molecule has 102 valence electrons. The zero-order valence-corrected chi connectivity index (χ0v) is 10.7. The molecule has 0 bridgehead atoms. The lowest BCUT2D eigenvalue weighted by Crippen LogP contribution is -2.40. The molecule has 0 fully saturated rings. The van der Waals surface area contributed by atoms with Gasteiger partial charge in [0.1, 0.15) is 11.5 Å². The maximum absolute atomic E-state index is 12.5. The van der Waals surface area contributed by atoms with Crippen molar-refractivity contribution in [1.29, 1.82) is 0 Å². The zero-order valence-electron chi connectivity index (χ0n) is 10.7. The number of nitrogens with zero attached hydrogens (tertiary/aromatic N) is 1. The predicted molar refractivity (Wildman–Crippen MR) is 65.2 cm³/mol. The first-order valence-electron chi connectivity index (χ1n) is 5.65. The van der Waals surface area contributed by atoms with Crippen molar-refractivity contribution in [2.75, 3.05) is 11.9 Å². The number of alkyl halides is 3. The summed E-state index contributed by atoms with van der Waals surface area (Å²) < 4.78 is 37.5. The van der Waals surface area contributed by atoms with Gasteiger partial charge in [-0.05, 0) is 17.5 Å². The van der Waals surface area contributed by atoms with E-state index < -0.39 is 11.9 Å². The summed E-state index contributed by atoms with van der Waals surface area (Å²) in [5, 5.41) is 2.94. The lowest BCUT2D eigenvalue weighted by atomic mass is 9.87. The van der Waals surface area contributed by atoms with Crippen molar-refractivity contribution in [3.8, 4) is 0 Å². The molecule has 0 aliphatic heterocycles. The van der Waals surface area contributed by atoms with Crippen LogP contribution in [0.4, 0.5) is 19.0 Å². The van der Waals surface area contributed by atoms with Gasteiger partial charge in [-0.25, -0.2) is 4.98 Å². The Morgan fingerprint density at radius 3 is 2.33 bits per heavy atom. The Bertz CT molecular complexity index is 396. The molecular formula is C12H18F3N3. The highest BCUT2D eigenvalue weighted by Crippen LogP contribution is 2.29. The Morgan fingerprint density at radius 2 is 1.89 bits per heavy atom. The van der Waals surface area contributed by atoms with Gasteiger partial charge in [-0.2, -0.15) is 13.2 Å². The number of hydrogen-bond acceptors (Lipinski definition) is 3. The maximum Gasteiger partial charge on any atom is 0.433 e. The molecule has 3 N–H and O–H groups in total. The van der Waals surface area contributed by atoms with E-state index in [0.717, 1.165) is 6.07 Å². The molecule has 0 aliphatic rings. The molecule has 1 unspecified atom stereocenters. The van der Waals surface area contributed by atoms with Crippen molar-refractivity contribution in [3.63, 3.8) is 0 Å². The van der Waals surface area contributed by atoms with E-state index in [2.05, 4.69) is 10.3 Å². The number of anilines is 1. The molecule has 0 saturated carbocycles. The Balaban J connectivity index is 2.92. The highest BCUT2D eigenvalue weighted by molar-refractivity contribution is 5.37. The topological polar surface area (TPSA) is 50.9 Å². The molecule has 0 saturated heterocycles. The van der Waals surface area contributed by atoms with Crippen molar-refractivity contribution in [2.45, 2.75) is 33.0 Å². The molecule has 18 heavy (non-hydrogen) atoms. The van der Waals surface area contributed by atoms with Crippen molar-refractivity contribution in [3.05, 3.63) is 23.9 Å². The Kier molecular flexibility index (Phi) is 4.21. The van der Waals surface area contributed by atoms with E-state index in [1.54, 1.807) is 0 Å². The minimum atomic E-state index is -4.43. The summed E-state index contributed by atoms with van der Waals surface area (Å²) in [6.07, 6.45) is -4.43. The van der Waals surface area contributed by atoms with Crippen LogP contribution in [0.1, 0.15) is 26.5 Å². The number of hydrogen-bond donors (Lipinski definition) is 2. The summed E-state index contributed by atoms with van der Waals surface area (Å²) in [4.78, 5) is 3.55. The molecule has 0 aromatic carbocycles. The number of pyridine rings is 1. The molecule has 0 spiro atoms. The zero-order chi connectivity index (χ0) is 14.0. The monoisotopic (exact) mass is 261 g/mol. The number of aromatic nitrogens is 1. The summed E-state index contributed by atoms with van der Waals surface area (Å²) in [6.45, 7) is 6.21. The van der Waals surface area contributed by atoms with Crippen LogP contribution in [0.5, 0.6) is 0 Å². The average molecular weight is 261 g/mol. The second-order valence-electron chi connectivity index (χ2n) is 5.20. The van der Waals surface area contributed by atoms with Crippen LogP contribution in [0.15, 0.2) is 18.2 Å². The molecule has 6 heteroatoms. The standard InChI is InChI=1S/C12H18F3N3/c1-11(2,3)9(7-16)18-10-6-4-5-8(17-10)12(13,14)15/h4-6,9H,7,16H2,1-3H3,(H,17,18). The van der Waals surface area contributed by atoms with Crippen LogP contribution in [0.2, 0.25) is 0 Å². The molecule has 1 atom stereocenters. The molecule has 3 nitrogen and oxygen atoms in total. The van der Waals surface area contributed by atoms with Crippen molar-refractivity contribution in [2.24, 2.45) is 11.1 Å².